The predicted molar refractivity (Wildman–Crippen MR) is 263 cm³/mol. The van der Waals surface area contributed by atoms with E-state index in [4.69, 9.17) is 48.9 Å². The van der Waals surface area contributed by atoms with Crippen LogP contribution in [-0.2, 0) is 45.1 Å². The zero-order valence-electron chi connectivity index (χ0n) is 39.1. The van der Waals surface area contributed by atoms with Gasteiger partial charge in [-0.2, -0.15) is 0 Å². The molecule has 358 valence electrons. The summed E-state index contributed by atoms with van der Waals surface area (Å²) in [7, 11) is 4.71. The first-order valence-electron chi connectivity index (χ1n) is 23.1. The molecule has 4 aliphatic heterocycles. The van der Waals surface area contributed by atoms with E-state index in [-0.39, 0.29) is 49.4 Å². The minimum Gasteiger partial charge on any atom is -0.493 e. The summed E-state index contributed by atoms with van der Waals surface area (Å²) in [5.41, 5.74) is 13.8. The molecule has 0 saturated heterocycles. The van der Waals surface area contributed by atoms with E-state index in [2.05, 4.69) is 4.90 Å². The maximum absolute atomic E-state index is 14.1. The highest BCUT2D eigenvalue weighted by Gasteiger charge is 2.38. The maximum atomic E-state index is 14.1. The lowest BCUT2D eigenvalue weighted by atomic mass is 10.1. The van der Waals surface area contributed by atoms with Crippen LogP contribution in [0.25, 0.3) is 0 Å². The Bertz CT molecular complexity index is 2620. The van der Waals surface area contributed by atoms with E-state index in [9.17, 15) is 14.4 Å². The number of aliphatic imine (C=N–C) groups is 2. The lowest BCUT2D eigenvalue weighted by Gasteiger charge is -2.26. The van der Waals surface area contributed by atoms with E-state index in [1.807, 2.05) is 79.2 Å². The number of methoxy groups -OCH3 is 3. The highest BCUT2D eigenvalue weighted by molar-refractivity contribution is 6.16. The van der Waals surface area contributed by atoms with Crippen molar-refractivity contribution in [2.45, 2.75) is 51.0 Å². The van der Waals surface area contributed by atoms with Crippen LogP contribution in [0.5, 0.6) is 23.0 Å². The van der Waals surface area contributed by atoms with E-state index in [0.29, 0.717) is 111 Å². The molecular formula is C53H56N6O10. The van der Waals surface area contributed by atoms with Crippen molar-refractivity contribution >= 4 is 58.6 Å². The smallest absolute Gasteiger partial charge is 0.261 e. The van der Waals surface area contributed by atoms with Crippen molar-refractivity contribution in [1.29, 1.82) is 0 Å². The number of para-hydroxylation sites is 2. The van der Waals surface area contributed by atoms with Crippen molar-refractivity contribution in [1.82, 2.24) is 0 Å². The quantitative estimate of drug-likeness (QED) is 0.0696. The molecule has 0 spiro atoms. The van der Waals surface area contributed by atoms with E-state index < -0.39 is 0 Å². The first kappa shape index (κ1) is 46.8. The summed E-state index contributed by atoms with van der Waals surface area (Å²) in [6.07, 6.45) is 5.74. The highest BCUT2D eigenvalue weighted by atomic mass is 16.5. The zero-order chi connectivity index (χ0) is 47.9. The van der Waals surface area contributed by atoms with Gasteiger partial charge in [0.05, 0.1) is 81.8 Å². The molecule has 0 saturated carbocycles. The van der Waals surface area contributed by atoms with Crippen molar-refractivity contribution in [3.05, 3.63) is 124 Å². The molecule has 16 heteroatoms. The number of fused-ring (bicyclic) bond motifs is 8. The SMILES string of the molecule is COCCOCCOCCN(CCCC(N)=O)c1cc(COc2cc3c(cc2OC)C(=O)N2c4ccccc4C[C@H]2C=N3)cc(COc2cc3c(cc2OC)C(=O)N2c4ccccc4C[C@H]2C=N3)c1. The van der Waals surface area contributed by atoms with Gasteiger partial charge in [0.15, 0.2) is 23.0 Å². The van der Waals surface area contributed by atoms with E-state index in [0.717, 1.165) is 39.3 Å². The third-order valence-corrected chi connectivity index (χ3v) is 12.6. The summed E-state index contributed by atoms with van der Waals surface area (Å²) in [5, 5.41) is 0. The Kier molecular flexibility index (Phi) is 14.5. The Balaban J connectivity index is 0.988. The van der Waals surface area contributed by atoms with Crippen molar-refractivity contribution in [2.24, 2.45) is 15.7 Å². The number of nitrogens with zero attached hydrogens (tertiary/aromatic N) is 5. The monoisotopic (exact) mass is 936 g/mol. The van der Waals surface area contributed by atoms with Gasteiger partial charge < -0.3 is 43.8 Å². The van der Waals surface area contributed by atoms with Crippen LogP contribution in [-0.4, -0.2) is 110 Å². The molecule has 4 heterocycles. The number of hydrogen-bond acceptors (Lipinski definition) is 13. The Hall–Kier alpha value is -7.27. The number of carbonyl (C=O) groups is 3. The van der Waals surface area contributed by atoms with Gasteiger partial charge in [-0.25, -0.2) is 0 Å². The van der Waals surface area contributed by atoms with Gasteiger partial charge in [-0.1, -0.05) is 36.4 Å². The minimum absolute atomic E-state index is 0.111. The fraction of sp³-hybridized carbons (Fsp3) is 0.340. The maximum Gasteiger partial charge on any atom is 0.261 e. The normalized spacial score (nSPS) is 16.2. The second-order valence-electron chi connectivity index (χ2n) is 17.1. The number of anilines is 3. The summed E-state index contributed by atoms with van der Waals surface area (Å²) in [4.78, 5) is 55.4. The average Bonchev–Trinajstić information content (AvgIpc) is 3.85. The first-order chi connectivity index (χ1) is 33.7. The molecule has 2 atom stereocenters. The number of carbonyl (C=O) groups excluding carboxylic acids is 3. The van der Waals surface area contributed by atoms with Crippen molar-refractivity contribution in [3.63, 3.8) is 0 Å². The molecule has 4 aliphatic rings. The number of ether oxygens (including phenoxy) is 7. The van der Waals surface area contributed by atoms with Gasteiger partial charge in [-0.05, 0) is 71.1 Å². The average molecular weight is 937 g/mol. The molecule has 0 aliphatic carbocycles. The van der Waals surface area contributed by atoms with Crippen LogP contribution in [0.3, 0.4) is 0 Å². The zero-order valence-corrected chi connectivity index (χ0v) is 39.1. The summed E-state index contributed by atoms with van der Waals surface area (Å²) >= 11 is 0. The van der Waals surface area contributed by atoms with Gasteiger partial charge in [-0.3, -0.25) is 34.2 Å². The molecule has 0 aromatic heterocycles. The molecule has 5 aromatic carbocycles. The van der Waals surface area contributed by atoms with E-state index in [1.54, 1.807) is 55.4 Å². The van der Waals surface area contributed by atoms with Crippen LogP contribution >= 0.6 is 0 Å². The first-order valence-corrected chi connectivity index (χ1v) is 23.1. The van der Waals surface area contributed by atoms with Crippen molar-refractivity contribution in [3.8, 4) is 23.0 Å². The van der Waals surface area contributed by atoms with Crippen molar-refractivity contribution < 1.29 is 47.5 Å². The number of hydrogen-bond donors (Lipinski definition) is 1. The number of primary amides is 1. The van der Waals surface area contributed by atoms with Crippen LogP contribution in [0.15, 0.2) is 101 Å². The van der Waals surface area contributed by atoms with Gasteiger partial charge >= 0.3 is 0 Å². The van der Waals surface area contributed by atoms with Crippen LogP contribution in [0, 0.1) is 0 Å². The molecule has 16 nitrogen and oxygen atoms in total. The molecule has 9 rings (SSSR count). The van der Waals surface area contributed by atoms with Crippen molar-refractivity contribution in [2.75, 3.05) is 82.2 Å². The van der Waals surface area contributed by atoms with Crippen LogP contribution in [0.1, 0.15) is 55.8 Å². The highest BCUT2D eigenvalue weighted by Crippen LogP contribution is 2.43. The largest absolute Gasteiger partial charge is 0.493 e. The predicted octanol–water partition coefficient (Wildman–Crippen LogP) is 7.19. The lowest BCUT2D eigenvalue weighted by Crippen LogP contribution is -2.37. The Labute approximate surface area is 401 Å². The number of nitrogens with two attached hydrogens (primary N) is 1. The van der Waals surface area contributed by atoms with Crippen LogP contribution in [0.2, 0.25) is 0 Å². The van der Waals surface area contributed by atoms with Gasteiger partial charge in [0.1, 0.15) is 13.2 Å². The molecule has 0 radical (unpaired) electrons. The van der Waals surface area contributed by atoms with Gasteiger partial charge in [0.25, 0.3) is 11.8 Å². The number of amides is 3. The van der Waals surface area contributed by atoms with Gasteiger partial charge in [0.2, 0.25) is 5.91 Å². The van der Waals surface area contributed by atoms with E-state index in [1.165, 1.54) is 0 Å². The van der Waals surface area contributed by atoms with E-state index >= 15 is 0 Å². The summed E-state index contributed by atoms with van der Waals surface area (Å²) in [5.74, 6) is 0.914. The molecule has 0 unspecified atom stereocenters. The molecule has 5 aromatic rings. The van der Waals surface area contributed by atoms with Gasteiger partial charge in [0, 0.05) is 81.1 Å². The third-order valence-electron chi connectivity index (χ3n) is 12.6. The molecule has 69 heavy (non-hydrogen) atoms. The topological polar surface area (TPSA) is 176 Å². The molecule has 3 amide bonds. The summed E-state index contributed by atoms with van der Waals surface area (Å²) in [6, 6.07) is 28.4. The third kappa shape index (κ3) is 10.3. The van der Waals surface area contributed by atoms with Crippen LogP contribution in [0.4, 0.5) is 28.4 Å². The second kappa shape index (κ2) is 21.4. The Morgan fingerprint density at radius 2 is 1.14 bits per heavy atom. The fourth-order valence-corrected chi connectivity index (χ4v) is 9.25. The van der Waals surface area contributed by atoms with Gasteiger partial charge in [-0.15, -0.1) is 0 Å². The standard InChI is InChI=1S/C53H56N6O10/c1-63-17-18-67-20-19-66-16-15-57(14-8-13-51(54)60)38-22-34(32-68-49-28-43-41(26-47(49)64-2)52(61)58-39(30-55-43)24-36-9-4-6-11-45(36)58)21-35(23-38)33-69-50-29-44-42(27-48(50)65-3)53(62)59-40(31-56-44)25-37-10-5-7-12-46(37)59/h4-7,9-12,21-23,26-31,39-40H,8,13-20,24-25,32-33H2,1-3H3,(H2,54,60)/t39-,40-/m0/s1. The summed E-state index contributed by atoms with van der Waals surface area (Å²) < 4.78 is 41.3. The lowest BCUT2D eigenvalue weighted by molar-refractivity contribution is -0.118. The minimum atomic E-state index is -0.382. The Morgan fingerprint density at radius 3 is 1.65 bits per heavy atom. The summed E-state index contributed by atoms with van der Waals surface area (Å²) in [6.45, 7) is 3.44. The number of benzene rings is 5. The van der Waals surface area contributed by atoms with Crippen LogP contribution < -0.4 is 39.4 Å². The molecule has 0 bridgehead atoms. The number of rotatable bonds is 22. The Morgan fingerprint density at radius 1 is 0.638 bits per heavy atom. The fourth-order valence-electron chi connectivity index (χ4n) is 9.25. The molecule has 2 N–H and O–H groups in total. The molecular weight excluding hydrogens is 881 g/mol. The second-order valence-corrected chi connectivity index (χ2v) is 17.1. The molecule has 0 fully saturated rings.